The molecule has 0 aliphatic carbocycles. The molecule has 3 nitrogen and oxygen atoms in total. The van der Waals surface area contributed by atoms with Crippen LogP contribution in [0.15, 0.2) is 12.1 Å². The number of rotatable bonds is 7. The van der Waals surface area contributed by atoms with Crippen LogP contribution in [-0.4, -0.2) is 26.9 Å². The molecule has 96 valence electrons. The summed E-state index contributed by atoms with van der Waals surface area (Å²) >= 11 is 0. The average Bonchev–Trinajstić information content (AvgIpc) is 2.30. The molecule has 0 aromatic heterocycles. The number of ether oxygens (including phenoxy) is 2. The molecule has 0 atom stereocenters. The Morgan fingerprint density at radius 2 is 1.82 bits per heavy atom. The van der Waals surface area contributed by atoms with E-state index in [4.69, 9.17) is 9.47 Å². The van der Waals surface area contributed by atoms with Crippen molar-refractivity contribution in [2.45, 2.75) is 13.5 Å². The summed E-state index contributed by atoms with van der Waals surface area (Å²) in [6.07, 6.45) is 0. The predicted molar refractivity (Wildman–Crippen MR) is 61.1 cm³/mol. The van der Waals surface area contributed by atoms with Gasteiger partial charge in [-0.15, -0.1) is 0 Å². The smallest absolute Gasteiger partial charge is 0.190 e. The molecule has 0 amide bonds. The van der Waals surface area contributed by atoms with Crippen LogP contribution in [0.4, 0.5) is 8.78 Å². The van der Waals surface area contributed by atoms with E-state index in [0.29, 0.717) is 12.1 Å². The Labute approximate surface area is 99.7 Å². The van der Waals surface area contributed by atoms with Gasteiger partial charge in [-0.3, -0.25) is 0 Å². The van der Waals surface area contributed by atoms with Crippen LogP contribution in [-0.2, 0) is 11.3 Å². The van der Waals surface area contributed by atoms with E-state index in [0.717, 1.165) is 6.54 Å². The molecule has 0 saturated carbocycles. The van der Waals surface area contributed by atoms with Crippen LogP contribution < -0.4 is 10.1 Å². The minimum absolute atomic E-state index is 0.122. The lowest BCUT2D eigenvalue weighted by Crippen LogP contribution is -2.13. The fourth-order valence-electron chi connectivity index (χ4n) is 1.35. The monoisotopic (exact) mass is 245 g/mol. The lowest BCUT2D eigenvalue weighted by Gasteiger charge is -2.10. The van der Waals surface area contributed by atoms with Gasteiger partial charge in [0.05, 0.1) is 6.61 Å². The Bertz CT molecular complexity index is 335. The molecule has 0 spiro atoms. The topological polar surface area (TPSA) is 30.5 Å². The Hall–Kier alpha value is -1.20. The summed E-state index contributed by atoms with van der Waals surface area (Å²) in [5.41, 5.74) is 0.556. The van der Waals surface area contributed by atoms with E-state index >= 15 is 0 Å². The van der Waals surface area contributed by atoms with Crippen molar-refractivity contribution >= 4 is 0 Å². The zero-order chi connectivity index (χ0) is 12.7. The average molecular weight is 245 g/mol. The molecule has 0 aliphatic heterocycles. The highest BCUT2D eigenvalue weighted by Crippen LogP contribution is 2.23. The van der Waals surface area contributed by atoms with Crippen molar-refractivity contribution in [3.8, 4) is 5.75 Å². The van der Waals surface area contributed by atoms with Crippen LogP contribution in [0.5, 0.6) is 5.75 Å². The largest absolute Gasteiger partial charge is 0.485 e. The predicted octanol–water partition coefficient (Wildman–Crippen LogP) is 2.10. The van der Waals surface area contributed by atoms with E-state index < -0.39 is 11.6 Å². The minimum atomic E-state index is -0.686. The van der Waals surface area contributed by atoms with Gasteiger partial charge in [0.25, 0.3) is 0 Å². The molecule has 17 heavy (non-hydrogen) atoms. The maximum Gasteiger partial charge on any atom is 0.190 e. The van der Waals surface area contributed by atoms with Gasteiger partial charge in [-0.25, -0.2) is 8.78 Å². The normalized spacial score (nSPS) is 10.6. The van der Waals surface area contributed by atoms with Gasteiger partial charge in [0.2, 0.25) is 0 Å². The van der Waals surface area contributed by atoms with Gasteiger partial charge in [0, 0.05) is 13.7 Å². The minimum Gasteiger partial charge on any atom is -0.485 e. The second kappa shape index (κ2) is 7.19. The molecule has 0 fully saturated rings. The first-order chi connectivity index (χ1) is 8.19. The molecule has 1 N–H and O–H groups in total. The lowest BCUT2D eigenvalue weighted by molar-refractivity contribution is 0.141. The van der Waals surface area contributed by atoms with Gasteiger partial charge in [0.1, 0.15) is 6.61 Å². The summed E-state index contributed by atoms with van der Waals surface area (Å²) in [5, 5.41) is 3.00. The van der Waals surface area contributed by atoms with Crippen LogP contribution in [0, 0.1) is 11.6 Å². The number of benzene rings is 1. The highest BCUT2D eigenvalue weighted by Gasteiger charge is 2.12. The number of hydrogen-bond acceptors (Lipinski definition) is 3. The second-order valence-corrected chi connectivity index (χ2v) is 3.51. The molecule has 1 aromatic carbocycles. The Morgan fingerprint density at radius 3 is 2.35 bits per heavy atom. The van der Waals surface area contributed by atoms with Gasteiger partial charge < -0.3 is 14.8 Å². The molecular formula is C12H17F2NO2. The van der Waals surface area contributed by atoms with Crippen LogP contribution >= 0.6 is 0 Å². The van der Waals surface area contributed by atoms with E-state index in [1.54, 1.807) is 0 Å². The van der Waals surface area contributed by atoms with Crippen LogP contribution in [0.2, 0.25) is 0 Å². The zero-order valence-electron chi connectivity index (χ0n) is 10.1. The first-order valence-corrected chi connectivity index (χ1v) is 5.49. The van der Waals surface area contributed by atoms with Crippen molar-refractivity contribution in [2.75, 3.05) is 26.9 Å². The molecule has 0 saturated heterocycles. The Kier molecular flexibility index (Phi) is 5.86. The number of hydrogen-bond donors (Lipinski definition) is 1. The molecule has 1 rings (SSSR count). The van der Waals surface area contributed by atoms with Crippen molar-refractivity contribution in [2.24, 2.45) is 0 Å². The highest BCUT2D eigenvalue weighted by atomic mass is 19.1. The molecule has 0 aliphatic rings. The van der Waals surface area contributed by atoms with Gasteiger partial charge in [-0.05, 0) is 24.2 Å². The van der Waals surface area contributed by atoms with Crippen molar-refractivity contribution in [3.63, 3.8) is 0 Å². The molecule has 5 heteroatoms. The third kappa shape index (κ3) is 4.28. The van der Waals surface area contributed by atoms with Crippen LogP contribution in [0.25, 0.3) is 0 Å². The van der Waals surface area contributed by atoms with Crippen molar-refractivity contribution in [3.05, 3.63) is 29.3 Å². The zero-order valence-corrected chi connectivity index (χ0v) is 10.1. The Morgan fingerprint density at radius 1 is 1.18 bits per heavy atom. The molecule has 0 radical (unpaired) electrons. The molecule has 0 unspecified atom stereocenters. The molecule has 1 aromatic rings. The van der Waals surface area contributed by atoms with Crippen molar-refractivity contribution in [1.82, 2.24) is 5.32 Å². The van der Waals surface area contributed by atoms with Crippen LogP contribution in [0.3, 0.4) is 0 Å². The summed E-state index contributed by atoms with van der Waals surface area (Å²) < 4.78 is 36.8. The van der Waals surface area contributed by atoms with Gasteiger partial charge in [-0.2, -0.15) is 0 Å². The van der Waals surface area contributed by atoms with E-state index in [-0.39, 0.29) is 19.0 Å². The Balaban J connectivity index is 2.72. The van der Waals surface area contributed by atoms with Gasteiger partial charge in [-0.1, -0.05) is 6.92 Å². The third-order valence-corrected chi connectivity index (χ3v) is 2.17. The van der Waals surface area contributed by atoms with Crippen molar-refractivity contribution in [1.29, 1.82) is 0 Å². The maximum absolute atomic E-state index is 13.5. The summed E-state index contributed by atoms with van der Waals surface area (Å²) in [7, 11) is 1.50. The number of methoxy groups -OCH3 is 1. The second-order valence-electron chi connectivity index (χ2n) is 3.51. The molecular weight excluding hydrogens is 228 g/mol. The summed E-state index contributed by atoms with van der Waals surface area (Å²) in [6, 6.07) is 2.54. The summed E-state index contributed by atoms with van der Waals surface area (Å²) in [4.78, 5) is 0. The SMILES string of the molecule is CCNCc1cc(F)c(OCCOC)c(F)c1. The van der Waals surface area contributed by atoms with E-state index in [1.807, 2.05) is 6.92 Å². The van der Waals surface area contributed by atoms with E-state index in [2.05, 4.69) is 5.32 Å². The summed E-state index contributed by atoms with van der Waals surface area (Å²) in [5.74, 6) is -1.72. The first kappa shape index (κ1) is 13.9. The molecule has 0 heterocycles. The fraction of sp³-hybridized carbons (Fsp3) is 0.500. The van der Waals surface area contributed by atoms with E-state index in [9.17, 15) is 8.78 Å². The van der Waals surface area contributed by atoms with Crippen LogP contribution in [0.1, 0.15) is 12.5 Å². The van der Waals surface area contributed by atoms with Gasteiger partial charge >= 0.3 is 0 Å². The maximum atomic E-state index is 13.5. The first-order valence-electron chi connectivity index (χ1n) is 5.49. The molecule has 0 bridgehead atoms. The van der Waals surface area contributed by atoms with Gasteiger partial charge in [0.15, 0.2) is 17.4 Å². The van der Waals surface area contributed by atoms with Crippen molar-refractivity contribution < 1.29 is 18.3 Å². The number of nitrogens with one attached hydrogen (secondary N) is 1. The summed E-state index contributed by atoms with van der Waals surface area (Å²) in [6.45, 7) is 3.52. The number of halogens is 2. The quantitative estimate of drug-likeness (QED) is 0.746. The highest BCUT2D eigenvalue weighted by molar-refractivity contribution is 5.31. The standard InChI is InChI=1S/C12H17F2NO2/c1-3-15-8-9-6-10(13)12(11(14)7-9)17-5-4-16-2/h6-7,15H,3-5,8H2,1-2H3. The lowest BCUT2D eigenvalue weighted by atomic mass is 10.2. The fourth-order valence-corrected chi connectivity index (χ4v) is 1.35. The van der Waals surface area contributed by atoms with E-state index in [1.165, 1.54) is 19.2 Å². The third-order valence-electron chi connectivity index (χ3n) is 2.17.